The number of imide groups is 1. The third-order valence-corrected chi connectivity index (χ3v) is 5.50. The molecule has 0 bridgehead atoms. The number of benzene rings is 1. The van der Waals surface area contributed by atoms with E-state index in [0.29, 0.717) is 12.0 Å². The second-order valence-electron chi connectivity index (χ2n) is 6.37. The number of hydrogen-bond donors (Lipinski definition) is 1. The zero-order valence-corrected chi connectivity index (χ0v) is 14.6. The van der Waals surface area contributed by atoms with Crippen LogP contribution in [0.2, 0.25) is 0 Å². The number of carbonyl (C=O) groups is 3. The number of hydrogen-bond acceptors (Lipinski definition) is 3. The lowest BCUT2D eigenvalue weighted by molar-refractivity contribution is -0.133. The minimum absolute atomic E-state index is 0.0977. The van der Waals surface area contributed by atoms with Gasteiger partial charge in [-0.1, -0.05) is 47.8 Å². The predicted molar refractivity (Wildman–Crippen MR) is 89.1 cm³/mol. The first-order valence-electron chi connectivity index (χ1n) is 7.87. The molecule has 3 rings (SSSR count). The van der Waals surface area contributed by atoms with Crippen LogP contribution in [0.5, 0.6) is 0 Å². The Labute approximate surface area is 143 Å². The largest absolute Gasteiger partial charge is 0.325 e. The molecule has 1 N–H and O–H groups in total. The number of nitrogens with zero attached hydrogens (tertiary/aromatic N) is 1. The van der Waals surface area contributed by atoms with Crippen molar-refractivity contribution in [1.29, 1.82) is 0 Å². The first-order chi connectivity index (χ1) is 10.9. The molecule has 6 heteroatoms. The average Bonchev–Trinajstić information content (AvgIpc) is 2.76. The van der Waals surface area contributed by atoms with Gasteiger partial charge in [-0.15, -0.1) is 0 Å². The van der Waals surface area contributed by atoms with E-state index in [1.165, 1.54) is 0 Å². The molecule has 3 amide bonds. The number of urea groups is 1. The molecule has 2 unspecified atom stereocenters. The molecule has 1 saturated carbocycles. The maximum Gasteiger partial charge on any atom is 0.325 e. The first-order valence-corrected chi connectivity index (χ1v) is 8.66. The molecule has 2 aliphatic rings. The molecule has 2 fully saturated rings. The number of carbonyl (C=O) groups excluding carboxylic acids is 3. The van der Waals surface area contributed by atoms with Gasteiger partial charge in [-0.05, 0) is 30.9 Å². The minimum Gasteiger partial charge on any atom is -0.323 e. The van der Waals surface area contributed by atoms with Gasteiger partial charge in [-0.25, -0.2) is 4.79 Å². The number of amides is 3. The Morgan fingerprint density at radius 2 is 2.00 bits per heavy atom. The van der Waals surface area contributed by atoms with Crippen LogP contribution in [-0.4, -0.2) is 34.7 Å². The fraction of sp³-hybridized carbons (Fsp3) is 0.471. The van der Waals surface area contributed by atoms with E-state index in [4.69, 9.17) is 0 Å². The summed E-state index contributed by atoms with van der Waals surface area (Å²) in [5.41, 5.74) is -0.318. The lowest BCUT2D eigenvalue weighted by atomic mass is 9.73. The van der Waals surface area contributed by atoms with Gasteiger partial charge >= 0.3 is 6.03 Å². The van der Waals surface area contributed by atoms with E-state index in [0.717, 1.165) is 28.6 Å². The van der Waals surface area contributed by atoms with Crippen molar-refractivity contribution >= 4 is 33.7 Å². The highest BCUT2D eigenvalue weighted by Crippen LogP contribution is 2.38. The van der Waals surface area contributed by atoms with Crippen LogP contribution < -0.4 is 5.32 Å². The Bertz CT molecular complexity index is 658. The van der Waals surface area contributed by atoms with Gasteiger partial charge in [0, 0.05) is 10.0 Å². The standard InChI is InChI=1S/C17H19BrN2O3/c1-11-4-2-3-9-17(11)15(22)20(16(23)19-17)10-14(21)12-5-7-13(18)8-6-12/h5-8,11H,2-4,9-10H2,1H3,(H,19,23). The van der Waals surface area contributed by atoms with Crippen molar-refractivity contribution in [2.45, 2.75) is 38.1 Å². The van der Waals surface area contributed by atoms with Crippen molar-refractivity contribution in [2.24, 2.45) is 5.92 Å². The molecule has 23 heavy (non-hydrogen) atoms. The number of nitrogens with one attached hydrogen (secondary N) is 1. The second-order valence-corrected chi connectivity index (χ2v) is 7.29. The molecule has 1 aliphatic carbocycles. The van der Waals surface area contributed by atoms with Gasteiger partial charge in [0.15, 0.2) is 5.78 Å². The third-order valence-electron chi connectivity index (χ3n) is 4.97. The summed E-state index contributed by atoms with van der Waals surface area (Å²) < 4.78 is 0.874. The Hall–Kier alpha value is -1.69. The van der Waals surface area contributed by atoms with Crippen molar-refractivity contribution in [1.82, 2.24) is 10.2 Å². The van der Waals surface area contributed by atoms with Gasteiger partial charge in [-0.3, -0.25) is 14.5 Å². The Morgan fingerprint density at radius 3 is 2.65 bits per heavy atom. The van der Waals surface area contributed by atoms with Crippen LogP contribution in [0.25, 0.3) is 0 Å². The minimum atomic E-state index is -0.810. The molecule has 1 spiro atoms. The zero-order chi connectivity index (χ0) is 16.6. The summed E-state index contributed by atoms with van der Waals surface area (Å²) in [4.78, 5) is 38.5. The summed E-state index contributed by atoms with van der Waals surface area (Å²) in [6.07, 6.45) is 3.57. The summed E-state index contributed by atoms with van der Waals surface area (Å²) in [6.45, 7) is 1.79. The summed E-state index contributed by atoms with van der Waals surface area (Å²) in [5.74, 6) is -0.387. The lowest BCUT2D eigenvalue weighted by Crippen LogP contribution is -2.54. The molecule has 2 atom stereocenters. The van der Waals surface area contributed by atoms with E-state index in [1.807, 2.05) is 6.92 Å². The number of ketones is 1. The van der Waals surface area contributed by atoms with Gasteiger partial charge in [0.25, 0.3) is 5.91 Å². The van der Waals surface area contributed by atoms with Crippen molar-refractivity contribution in [3.8, 4) is 0 Å². The number of Topliss-reactive ketones (excluding diaryl/α,β-unsaturated/α-hetero) is 1. The highest BCUT2D eigenvalue weighted by molar-refractivity contribution is 9.10. The second kappa shape index (κ2) is 6.07. The monoisotopic (exact) mass is 378 g/mol. The van der Waals surface area contributed by atoms with Crippen molar-refractivity contribution in [3.63, 3.8) is 0 Å². The van der Waals surface area contributed by atoms with Crippen LogP contribution in [-0.2, 0) is 4.79 Å². The van der Waals surface area contributed by atoms with Crippen molar-refractivity contribution in [2.75, 3.05) is 6.54 Å². The van der Waals surface area contributed by atoms with Crippen LogP contribution >= 0.6 is 15.9 Å². The van der Waals surface area contributed by atoms with Crippen LogP contribution in [0.4, 0.5) is 4.79 Å². The number of halogens is 1. The average molecular weight is 379 g/mol. The van der Waals surface area contributed by atoms with Crippen LogP contribution in [0.3, 0.4) is 0 Å². The Kier molecular flexibility index (Phi) is 4.27. The van der Waals surface area contributed by atoms with E-state index >= 15 is 0 Å². The van der Waals surface area contributed by atoms with Crippen molar-refractivity contribution in [3.05, 3.63) is 34.3 Å². The molecular weight excluding hydrogens is 360 g/mol. The number of rotatable bonds is 3. The maximum absolute atomic E-state index is 12.8. The zero-order valence-electron chi connectivity index (χ0n) is 13.0. The van der Waals surface area contributed by atoms with Gasteiger partial charge in [-0.2, -0.15) is 0 Å². The molecule has 1 aromatic carbocycles. The van der Waals surface area contributed by atoms with Gasteiger partial charge in [0.2, 0.25) is 0 Å². The fourth-order valence-electron chi connectivity index (χ4n) is 3.51. The maximum atomic E-state index is 12.8. The molecule has 0 aromatic heterocycles. The lowest BCUT2D eigenvalue weighted by Gasteiger charge is -2.36. The van der Waals surface area contributed by atoms with Crippen LogP contribution in [0.15, 0.2) is 28.7 Å². The molecule has 1 aliphatic heterocycles. The first kappa shape index (κ1) is 16.2. The SMILES string of the molecule is CC1CCCCC12NC(=O)N(CC(=O)c1ccc(Br)cc1)C2=O. The molecule has 1 saturated heterocycles. The van der Waals surface area contributed by atoms with Crippen LogP contribution in [0, 0.1) is 5.92 Å². The normalized spacial score (nSPS) is 27.4. The third kappa shape index (κ3) is 2.80. The molecule has 1 aromatic rings. The summed E-state index contributed by atoms with van der Waals surface area (Å²) in [6, 6.07) is 6.45. The molecule has 122 valence electrons. The quantitative estimate of drug-likeness (QED) is 0.648. The van der Waals surface area contributed by atoms with Gasteiger partial charge < -0.3 is 5.32 Å². The molecule has 5 nitrogen and oxygen atoms in total. The molecular formula is C17H19BrN2O3. The predicted octanol–water partition coefficient (Wildman–Crippen LogP) is 3.13. The smallest absolute Gasteiger partial charge is 0.323 e. The summed E-state index contributed by atoms with van der Waals surface area (Å²) >= 11 is 3.32. The topological polar surface area (TPSA) is 66.5 Å². The molecule has 0 radical (unpaired) electrons. The van der Waals surface area contributed by atoms with E-state index in [9.17, 15) is 14.4 Å². The van der Waals surface area contributed by atoms with Gasteiger partial charge in [0.1, 0.15) is 5.54 Å². The highest BCUT2D eigenvalue weighted by atomic mass is 79.9. The Balaban J connectivity index is 1.78. The van der Waals surface area contributed by atoms with E-state index in [1.54, 1.807) is 24.3 Å². The van der Waals surface area contributed by atoms with Crippen LogP contribution in [0.1, 0.15) is 43.0 Å². The van der Waals surface area contributed by atoms with E-state index in [-0.39, 0.29) is 24.2 Å². The summed E-state index contributed by atoms with van der Waals surface area (Å²) in [5, 5.41) is 2.86. The Morgan fingerprint density at radius 1 is 1.30 bits per heavy atom. The van der Waals surface area contributed by atoms with E-state index in [2.05, 4.69) is 21.2 Å². The summed E-state index contributed by atoms with van der Waals surface area (Å²) in [7, 11) is 0. The highest BCUT2D eigenvalue weighted by Gasteiger charge is 2.55. The van der Waals surface area contributed by atoms with Crippen molar-refractivity contribution < 1.29 is 14.4 Å². The fourth-order valence-corrected chi connectivity index (χ4v) is 3.77. The van der Waals surface area contributed by atoms with Gasteiger partial charge in [0.05, 0.1) is 6.54 Å². The van der Waals surface area contributed by atoms with E-state index < -0.39 is 11.6 Å². The molecule has 1 heterocycles.